The van der Waals surface area contributed by atoms with Crippen LogP contribution in [0.25, 0.3) is 11.0 Å². The second-order valence-electron chi connectivity index (χ2n) is 6.00. The van der Waals surface area contributed by atoms with Gasteiger partial charge in [-0.25, -0.2) is 4.98 Å². The molecule has 3 rings (SSSR count). The van der Waals surface area contributed by atoms with E-state index in [-0.39, 0.29) is 0 Å². The van der Waals surface area contributed by atoms with Crippen LogP contribution in [-0.2, 0) is 7.05 Å². The third kappa shape index (κ3) is 2.15. The molecule has 0 amide bonds. The Bertz CT molecular complexity index is 581. The second-order valence-corrected chi connectivity index (χ2v) is 6.00. The van der Waals surface area contributed by atoms with Gasteiger partial charge in [0.05, 0.1) is 17.4 Å². The molecule has 4 nitrogen and oxygen atoms in total. The zero-order chi connectivity index (χ0) is 13.6. The molecule has 1 atom stereocenters. The number of aryl methyl sites for hydroxylation is 1. The van der Waals surface area contributed by atoms with Gasteiger partial charge in [-0.3, -0.25) is 0 Å². The molecule has 1 saturated carbocycles. The maximum Gasteiger partial charge on any atom is 0.0955 e. The van der Waals surface area contributed by atoms with E-state index in [1.165, 1.54) is 11.1 Å². The molecule has 1 fully saturated rings. The number of aromatic nitrogens is 2. The van der Waals surface area contributed by atoms with E-state index >= 15 is 0 Å². The van der Waals surface area contributed by atoms with Crippen LogP contribution in [0.1, 0.15) is 24.4 Å². The molecule has 0 aliphatic heterocycles. The van der Waals surface area contributed by atoms with Crippen molar-refractivity contribution in [1.82, 2.24) is 14.5 Å². The topological polar surface area (TPSA) is 47.1 Å². The van der Waals surface area contributed by atoms with Crippen molar-refractivity contribution in [3.05, 3.63) is 30.1 Å². The highest BCUT2D eigenvalue weighted by molar-refractivity contribution is 5.76. The van der Waals surface area contributed by atoms with E-state index in [1.54, 1.807) is 0 Å². The molecule has 0 bridgehead atoms. The number of nitrogens with two attached hydrogens (primary N) is 1. The van der Waals surface area contributed by atoms with Crippen molar-refractivity contribution in [2.75, 3.05) is 14.1 Å². The minimum atomic E-state index is 0.394. The van der Waals surface area contributed by atoms with Gasteiger partial charge < -0.3 is 15.2 Å². The number of rotatable bonds is 3. The van der Waals surface area contributed by atoms with Crippen LogP contribution in [0.2, 0.25) is 0 Å². The van der Waals surface area contributed by atoms with Crippen molar-refractivity contribution >= 4 is 11.0 Å². The van der Waals surface area contributed by atoms with Gasteiger partial charge in [-0.05, 0) is 50.6 Å². The standard InChI is InChI=1S/C15H22N4/c1-18(2)15(11-6-12(16)7-11)10-4-5-14-13(8-10)17-9-19(14)3/h4-5,8-9,11-12,15H,6-7,16H2,1-3H3. The molecule has 0 spiro atoms. The molecule has 1 aromatic carbocycles. The highest BCUT2D eigenvalue weighted by Crippen LogP contribution is 2.40. The van der Waals surface area contributed by atoms with Crippen molar-refractivity contribution in [2.45, 2.75) is 24.9 Å². The molecular weight excluding hydrogens is 236 g/mol. The summed E-state index contributed by atoms with van der Waals surface area (Å²) in [4.78, 5) is 6.76. The molecule has 1 aliphatic carbocycles. The maximum atomic E-state index is 5.94. The first-order valence-electron chi connectivity index (χ1n) is 6.89. The Morgan fingerprint density at radius 3 is 2.74 bits per heavy atom. The van der Waals surface area contributed by atoms with Gasteiger partial charge in [-0.2, -0.15) is 0 Å². The summed E-state index contributed by atoms with van der Waals surface area (Å²) < 4.78 is 2.06. The molecule has 2 N–H and O–H groups in total. The number of hydrogen-bond donors (Lipinski definition) is 1. The zero-order valence-electron chi connectivity index (χ0n) is 11.9. The summed E-state index contributed by atoms with van der Waals surface area (Å²) in [7, 11) is 6.33. The first kappa shape index (κ1) is 12.6. The molecule has 0 radical (unpaired) electrons. The van der Waals surface area contributed by atoms with Crippen LogP contribution in [0.4, 0.5) is 0 Å². The molecule has 1 aromatic heterocycles. The molecular formula is C15H22N4. The van der Waals surface area contributed by atoms with Crippen LogP contribution in [-0.4, -0.2) is 34.6 Å². The summed E-state index contributed by atoms with van der Waals surface area (Å²) in [5.74, 6) is 0.672. The highest BCUT2D eigenvalue weighted by Gasteiger charge is 2.35. The Balaban J connectivity index is 1.95. The molecule has 4 heteroatoms. The summed E-state index contributed by atoms with van der Waals surface area (Å²) in [5.41, 5.74) is 9.57. The van der Waals surface area contributed by atoms with Crippen molar-refractivity contribution in [1.29, 1.82) is 0 Å². The van der Waals surface area contributed by atoms with Gasteiger partial charge >= 0.3 is 0 Å². The largest absolute Gasteiger partial charge is 0.334 e. The first-order chi connectivity index (χ1) is 9.06. The highest BCUT2D eigenvalue weighted by atomic mass is 15.1. The lowest BCUT2D eigenvalue weighted by Crippen LogP contribution is -2.43. The Morgan fingerprint density at radius 1 is 1.37 bits per heavy atom. The monoisotopic (exact) mass is 258 g/mol. The van der Waals surface area contributed by atoms with Gasteiger partial charge in [0.2, 0.25) is 0 Å². The molecule has 19 heavy (non-hydrogen) atoms. The Labute approximate surface area is 114 Å². The van der Waals surface area contributed by atoms with E-state index < -0.39 is 0 Å². The fourth-order valence-corrected chi connectivity index (χ4v) is 3.30. The van der Waals surface area contributed by atoms with Crippen molar-refractivity contribution in [3.63, 3.8) is 0 Å². The Kier molecular flexibility index (Phi) is 3.07. The summed E-state index contributed by atoms with van der Waals surface area (Å²) in [6.07, 6.45) is 4.13. The summed E-state index contributed by atoms with van der Waals surface area (Å²) >= 11 is 0. The molecule has 2 aromatic rings. The van der Waals surface area contributed by atoms with Crippen LogP contribution in [0, 0.1) is 5.92 Å². The molecule has 1 unspecified atom stereocenters. The summed E-state index contributed by atoms with van der Waals surface area (Å²) in [6.45, 7) is 0. The molecule has 102 valence electrons. The number of nitrogens with zero attached hydrogens (tertiary/aromatic N) is 3. The predicted octanol–water partition coefficient (Wildman–Crippen LogP) is 1.91. The third-order valence-corrected chi connectivity index (χ3v) is 4.30. The minimum absolute atomic E-state index is 0.394. The van der Waals surface area contributed by atoms with E-state index in [9.17, 15) is 0 Å². The molecule has 1 aliphatic rings. The van der Waals surface area contributed by atoms with E-state index in [0.29, 0.717) is 18.0 Å². The van der Waals surface area contributed by atoms with Gasteiger partial charge in [-0.1, -0.05) is 6.07 Å². The van der Waals surface area contributed by atoms with Crippen LogP contribution < -0.4 is 5.73 Å². The first-order valence-corrected chi connectivity index (χ1v) is 6.89. The Hall–Kier alpha value is -1.39. The van der Waals surface area contributed by atoms with Crippen molar-refractivity contribution in [2.24, 2.45) is 18.7 Å². The number of benzene rings is 1. The van der Waals surface area contributed by atoms with Crippen LogP contribution in [0.15, 0.2) is 24.5 Å². The maximum absolute atomic E-state index is 5.94. The average Bonchev–Trinajstić information content (AvgIpc) is 2.69. The normalized spacial score (nSPS) is 24.7. The summed E-state index contributed by atoms with van der Waals surface area (Å²) in [6, 6.07) is 7.48. The Morgan fingerprint density at radius 2 is 2.11 bits per heavy atom. The predicted molar refractivity (Wildman–Crippen MR) is 77.8 cm³/mol. The minimum Gasteiger partial charge on any atom is -0.334 e. The smallest absolute Gasteiger partial charge is 0.0955 e. The fourth-order valence-electron chi connectivity index (χ4n) is 3.30. The van der Waals surface area contributed by atoms with Crippen LogP contribution >= 0.6 is 0 Å². The third-order valence-electron chi connectivity index (χ3n) is 4.30. The van der Waals surface area contributed by atoms with E-state index in [2.05, 4.69) is 46.7 Å². The number of fused-ring (bicyclic) bond motifs is 1. The second kappa shape index (κ2) is 4.62. The van der Waals surface area contributed by atoms with Crippen LogP contribution in [0.3, 0.4) is 0 Å². The lowest BCUT2D eigenvalue weighted by atomic mass is 9.73. The van der Waals surface area contributed by atoms with Gasteiger partial charge in [0.25, 0.3) is 0 Å². The van der Waals surface area contributed by atoms with E-state index in [0.717, 1.165) is 18.4 Å². The van der Waals surface area contributed by atoms with Gasteiger partial charge in [0.15, 0.2) is 0 Å². The molecule has 1 heterocycles. The van der Waals surface area contributed by atoms with E-state index in [1.807, 2.05) is 13.4 Å². The van der Waals surface area contributed by atoms with E-state index in [4.69, 9.17) is 5.73 Å². The van der Waals surface area contributed by atoms with Gasteiger partial charge in [-0.15, -0.1) is 0 Å². The fraction of sp³-hybridized carbons (Fsp3) is 0.533. The number of hydrogen-bond acceptors (Lipinski definition) is 3. The van der Waals surface area contributed by atoms with Gasteiger partial charge in [0, 0.05) is 19.1 Å². The quantitative estimate of drug-likeness (QED) is 0.915. The molecule has 0 saturated heterocycles. The summed E-state index contributed by atoms with van der Waals surface area (Å²) in [5, 5.41) is 0. The SMILES string of the molecule is CN(C)C(c1ccc2c(c1)ncn2C)C1CC(N)C1. The van der Waals surface area contributed by atoms with Crippen LogP contribution in [0.5, 0.6) is 0 Å². The van der Waals surface area contributed by atoms with Crippen molar-refractivity contribution < 1.29 is 0 Å². The zero-order valence-corrected chi connectivity index (χ0v) is 11.9. The lowest BCUT2D eigenvalue weighted by Gasteiger charge is -2.41. The van der Waals surface area contributed by atoms with Crippen molar-refractivity contribution in [3.8, 4) is 0 Å². The number of imidazole rings is 1. The lowest BCUT2D eigenvalue weighted by molar-refractivity contribution is 0.123. The van der Waals surface area contributed by atoms with Gasteiger partial charge in [0.1, 0.15) is 0 Å². The average molecular weight is 258 g/mol.